The Balaban J connectivity index is 1.65. The summed E-state index contributed by atoms with van der Waals surface area (Å²) in [6.07, 6.45) is 6.58. The van der Waals surface area contributed by atoms with Crippen molar-refractivity contribution in [2.45, 2.75) is 43.0 Å². The van der Waals surface area contributed by atoms with Gasteiger partial charge < -0.3 is 16.0 Å². The molecule has 1 unspecified atom stereocenters. The summed E-state index contributed by atoms with van der Waals surface area (Å²) in [5.74, 6) is 0.497. The number of carbonyl (C=O) groups is 2. The summed E-state index contributed by atoms with van der Waals surface area (Å²) in [4.78, 5) is 26.0. The molecular weight excluding hydrogens is 424 g/mol. The van der Waals surface area contributed by atoms with E-state index < -0.39 is 22.1 Å². The molecule has 8 nitrogen and oxygen atoms in total. The molecule has 0 bridgehead atoms. The summed E-state index contributed by atoms with van der Waals surface area (Å²) in [5, 5.41) is 2.51. The number of sulfonamides is 1. The van der Waals surface area contributed by atoms with Gasteiger partial charge >= 0.3 is 6.03 Å². The van der Waals surface area contributed by atoms with Crippen LogP contribution in [-0.4, -0.2) is 73.8 Å². The Morgan fingerprint density at radius 3 is 2.43 bits per heavy atom. The first kappa shape index (κ1) is 22.9. The molecule has 1 aliphatic carbocycles. The SMILES string of the molecule is CSCCC(NC(N)=O)C(=O)N1CCN(S(=O)(=O)c2ccc3c(c2)CCCC3)CC1. The van der Waals surface area contributed by atoms with Crippen LogP contribution in [0.15, 0.2) is 23.1 Å². The standard InChI is InChI=1S/C20H30N4O4S2/c1-29-13-8-18(22-20(21)26)19(25)23-9-11-24(12-10-23)30(27,28)17-7-6-15-4-2-3-5-16(15)14-17/h6-7,14,18H,2-5,8-13H2,1H3,(H3,21,22,26). The van der Waals surface area contributed by atoms with Gasteiger partial charge in [-0.05, 0) is 67.4 Å². The van der Waals surface area contributed by atoms with Gasteiger partial charge in [0.25, 0.3) is 0 Å². The van der Waals surface area contributed by atoms with Gasteiger partial charge in [0.05, 0.1) is 4.90 Å². The lowest BCUT2D eigenvalue weighted by molar-refractivity contribution is -0.134. The predicted octanol–water partition coefficient (Wildman–Crippen LogP) is 1.19. The Morgan fingerprint density at radius 2 is 1.80 bits per heavy atom. The van der Waals surface area contributed by atoms with E-state index in [1.165, 1.54) is 9.87 Å². The number of urea groups is 1. The normalized spacial score (nSPS) is 18.5. The van der Waals surface area contributed by atoms with E-state index in [0.29, 0.717) is 30.2 Å². The third-order valence-electron chi connectivity index (χ3n) is 5.73. The van der Waals surface area contributed by atoms with Crippen LogP contribution in [0.4, 0.5) is 4.79 Å². The highest BCUT2D eigenvalue weighted by atomic mass is 32.2. The smallest absolute Gasteiger partial charge is 0.312 e. The number of nitrogens with zero attached hydrogens (tertiary/aromatic N) is 2. The summed E-state index contributed by atoms with van der Waals surface area (Å²) >= 11 is 1.58. The molecule has 3 N–H and O–H groups in total. The molecule has 1 aliphatic heterocycles. The Labute approximate surface area is 182 Å². The van der Waals surface area contributed by atoms with Gasteiger partial charge in [0.15, 0.2) is 0 Å². The molecule has 0 aromatic heterocycles. The fourth-order valence-corrected chi connectivity index (χ4v) is 6.00. The van der Waals surface area contributed by atoms with Crippen molar-refractivity contribution in [2.75, 3.05) is 38.2 Å². The molecule has 1 saturated heterocycles. The number of primary amides is 1. The molecule has 1 aromatic carbocycles. The number of aryl methyl sites for hydroxylation is 2. The average Bonchev–Trinajstić information content (AvgIpc) is 2.75. The van der Waals surface area contributed by atoms with E-state index in [2.05, 4.69) is 5.32 Å². The molecule has 0 radical (unpaired) electrons. The van der Waals surface area contributed by atoms with E-state index in [0.717, 1.165) is 31.2 Å². The third-order valence-corrected chi connectivity index (χ3v) is 8.27. The van der Waals surface area contributed by atoms with Crippen LogP contribution in [-0.2, 0) is 27.7 Å². The second kappa shape index (κ2) is 10.0. The van der Waals surface area contributed by atoms with Crippen molar-refractivity contribution < 1.29 is 18.0 Å². The molecule has 0 saturated carbocycles. The number of nitrogens with two attached hydrogens (primary N) is 1. The van der Waals surface area contributed by atoms with Crippen LogP contribution >= 0.6 is 11.8 Å². The highest BCUT2D eigenvalue weighted by Crippen LogP contribution is 2.26. The molecule has 1 atom stereocenters. The van der Waals surface area contributed by atoms with Gasteiger partial charge in [-0.1, -0.05) is 6.07 Å². The van der Waals surface area contributed by atoms with Gasteiger partial charge in [-0.2, -0.15) is 16.1 Å². The zero-order chi connectivity index (χ0) is 21.7. The van der Waals surface area contributed by atoms with Crippen molar-refractivity contribution in [1.29, 1.82) is 0 Å². The van der Waals surface area contributed by atoms with E-state index in [1.807, 2.05) is 18.4 Å². The minimum absolute atomic E-state index is 0.214. The van der Waals surface area contributed by atoms with Gasteiger partial charge in [-0.15, -0.1) is 0 Å². The van der Waals surface area contributed by atoms with Crippen molar-refractivity contribution in [2.24, 2.45) is 5.73 Å². The van der Waals surface area contributed by atoms with Crippen LogP contribution in [0.5, 0.6) is 0 Å². The van der Waals surface area contributed by atoms with E-state index in [9.17, 15) is 18.0 Å². The van der Waals surface area contributed by atoms with Gasteiger partial charge in [0, 0.05) is 26.2 Å². The highest BCUT2D eigenvalue weighted by molar-refractivity contribution is 7.98. The molecule has 30 heavy (non-hydrogen) atoms. The van der Waals surface area contributed by atoms with Gasteiger partial charge in [0.2, 0.25) is 15.9 Å². The quantitative estimate of drug-likeness (QED) is 0.643. The molecule has 3 rings (SSSR count). The van der Waals surface area contributed by atoms with Crippen molar-refractivity contribution in [3.63, 3.8) is 0 Å². The highest BCUT2D eigenvalue weighted by Gasteiger charge is 2.33. The van der Waals surface area contributed by atoms with Gasteiger partial charge in [-0.25, -0.2) is 13.2 Å². The van der Waals surface area contributed by atoms with Gasteiger partial charge in [-0.3, -0.25) is 4.79 Å². The summed E-state index contributed by atoms with van der Waals surface area (Å²) in [6, 6.07) is 4.04. The van der Waals surface area contributed by atoms with Crippen LogP contribution in [0.25, 0.3) is 0 Å². The van der Waals surface area contributed by atoms with Gasteiger partial charge in [0.1, 0.15) is 6.04 Å². The number of hydrogen-bond donors (Lipinski definition) is 2. The van der Waals surface area contributed by atoms with E-state index in [4.69, 9.17) is 5.73 Å². The van der Waals surface area contributed by atoms with Crippen molar-refractivity contribution in [3.05, 3.63) is 29.3 Å². The first-order chi connectivity index (χ1) is 14.3. The molecule has 1 fully saturated rings. The first-order valence-electron chi connectivity index (χ1n) is 10.3. The van der Waals surface area contributed by atoms with Crippen molar-refractivity contribution in [3.8, 4) is 0 Å². The zero-order valence-corrected chi connectivity index (χ0v) is 18.9. The number of rotatable bonds is 7. The molecule has 2 aliphatic rings. The van der Waals surface area contributed by atoms with Crippen molar-refractivity contribution >= 4 is 33.7 Å². The monoisotopic (exact) mass is 454 g/mol. The van der Waals surface area contributed by atoms with E-state index >= 15 is 0 Å². The fraction of sp³-hybridized carbons (Fsp3) is 0.600. The third kappa shape index (κ3) is 5.28. The maximum atomic E-state index is 13.1. The second-order valence-electron chi connectivity index (χ2n) is 7.71. The largest absolute Gasteiger partial charge is 0.352 e. The van der Waals surface area contributed by atoms with Crippen LogP contribution < -0.4 is 11.1 Å². The molecule has 166 valence electrons. The summed E-state index contributed by atoms with van der Waals surface area (Å²) in [7, 11) is -3.60. The van der Waals surface area contributed by atoms with Crippen LogP contribution in [0.3, 0.4) is 0 Å². The number of hydrogen-bond acceptors (Lipinski definition) is 5. The summed E-state index contributed by atoms with van der Waals surface area (Å²) in [6.45, 7) is 1.05. The second-order valence-corrected chi connectivity index (χ2v) is 10.6. The lowest BCUT2D eigenvalue weighted by Crippen LogP contribution is -2.56. The fourth-order valence-electron chi connectivity index (χ4n) is 4.05. The molecule has 1 heterocycles. The predicted molar refractivity (Wildman–Crippen MR) is 118 cm³/mol. The maximum absolute atomic E-state index is 13.1. The lowest BCUT2D eigenvalue weighted by Gasteiger charge is -2.36. The molecule has 10 heteroatoms. The number of amides is 3. The molecule has 0 spiro atoms. The van der Waals surface area contributed by atoms with Crippen molar-refractivity contribution in [1.82, 2.24) is 14.5 Å². The Morgan fingerprint density at radius 1 is 1.13 bits per heavy atom. The van der Waals surface area contributed by atoms with E-state index in [-0.39, 0.29) is 19.0 Å². The number of carbonyl (C=O) groups excluding carboxylic acids is 2. The maximum Gasteiger partial charge on any atom is 0.312 e. The lowest BCUT2D eigenvalue weighted by atomic mass is 9.92. The minimum Gasteiger partial charge on any atom is -0.352 e. The molecular formula is C20H30N4O4S2. The topological polar surface area (TPSA) is 113 Å². The molecule has 1 aromatic rings. The molecule has 3 amide bonds. The van der Waals surface area contributed by atoms with E-state index in [1.54, 1.807) is 22.7 Å². The first-order valence-corrected chi connectivity index (χ1v) is 13.1. The number of piperazine rings is 1. The number of thioether (sulfide) groups is 1. The minimum atomic E-state index is -3.60. The Bertz CT molecular complexity index is 883. The summed E-state index contributed by atoms with van der Waals surface area (Å²) in [5.41, 5.74) is 7.58. The summed E-state index contributed by atoms with van der Waals surface area (Å²) < 4.78 is 27.7. The Hall–Kier alpha value is -1.78. The number of nitrogens with one attached hydrogen (secondary N) is 1. The number of fused-ring (bicyclic) bond motifs is 1. The van der Waals surface area contributed by atoms with Crippen LogP contribution in [0.1, 0.15) is 30.4 Å². The Kier molecular flexibility index (Phi) is 7.65. The zero-order valence-electron chi connectivity index (χ0n) is 17.3. The van der Waals surface area contributed by atoms with Crippen LogP contribution in [0, 0.1) is 0 Å². The average molecular weight is 455 g/mol. The van der Waals surface area contributed by atoms with Crippen LogP contribution in [0.2, 0.25) is 0 Å². The number of benzene rings is 1.